The van der Waals surface area contributed by atoms with Crippen molar-refractivity contribution in [3.05, 3.63) is 94.1 Å². The van der Waals surface area contributed by atoms with E-state index >= 15 is 0 Å². The van der Waals surface area contributed by atoms with E-state index in [2.05, 4.69) is 5.32 Å². The lowest BCUT2D eigenvalue weighted by Gasteiger charge is -2.37. The molecule has 2 N–H and O–H groups in total. The average molecular weight is 517 g/mol. The van der Waals surface area contributed by atoms with Crippen LogP contribution in [0.4, 0.5) is 11.4 Å². The second-order valence-corrected chi connectivity index (χ2v) is 10.8. The van der Waals surface area contributed by atoms with Gasteiger partial charge in [0.15, 0.2) is 5.78 Å². The van der Waals surface area contributed by atoms with Crippen molar-refractivity contribution in [2.45, 2.75) is 46.3 Å². The number of hydrogen-bond acceptors (Lipinski definition) is 5. The van der Waals surface area contributed by atoms with Crippen molar-refractivity contribution >= 4 is 34.7 Å². The Morgan fingerprint density at radius 1 is 1.11 bits per heavy atom. The Hall–Kier alpha value is -3.77. The number of carbonyl (C=O) groups is 2. The molecule has 3 aromatic rings. The molecule has 5 rings (SSSR count). The zero-order chi connectivity index (χ0) is 26.3. The molecule has 0 saturated carbocycles. The molecule has 6 nitrogen and oxygen atoms in total. The van der Waals surface area contributed by atoms with Gasteiger partial charge in [0, 0.05) is 29.6 Å². The van der Waals surface area contributed by atoms with Gasteiger partial charge in [-0.05, 0) is 47.2 Å². The molecule has 7 heteroatoms. The highest BCUT2D eigenvalue weighted by Gasteiger charge is 2.43. The molecule has 0 radical (unpaired) electrons. The van der Waals surface area contributed by atoms with Gasteiger partial charge in [-0.15, -0.1) is 0 Å². The van der Waals surface area contributed by atoms with Gasteiger partial charge in [0.1, 0.15) is 23.8 Å². The SMILES string of the molecule is CC(=O)N1c2cccc(O)c2NC2=C(C(=O)CC(C)(C)C2)[C@@H]1c1ccc(OCc2ccccc2)cc1Cl. The number of hydrogen-bond donors (Lipinski definition) is 2. The van der Waals surface area contributed by atoms with Crippen molar-refractivity contribution in [2.24, 2.45) is 5.41 Å². The van der Waals surface area contributed by atoms with Gasteiger partial charge in [0.25, 0.3) is 0 Å². The van der Waals surface area contributed by atoms with E-state index < -0.39 is 6.04 Å². The van der Waals surface area contributed by atoms with E-state index in [1.165, 1.54) is 6.92 Å². The summed E-state index contributed by atoms with van der Waals surface area (Å²) in [6.07, 6.45) is 0.925. The number of rotatable bonds is 4. The van der Waals surface area contributed by atoms with Crippen LogP contribution in [0, 0.1) is 5.41 Å². The molecular weight excluding hydrogens is 488 g/mol. The summed E-state index contributed by atoms with van der Waals surface area (Å²) < 4.78 is 5.95. The highest BCUT2D eigenvalue weighted by Crippen LogP contribution is 2.51. The Morgan fingerprint density at radius 2 is 1.86 bits per heavy atom. The number of phenols is 1. The molecule has 0 fully saturated rings. The number of Topliss-reactive ketones (excluding diaryl/α,β-unsaturated/α-hetero) is 1. The smallest absolute Gasteiger partial charge is 0.224 e. The molecule has 3 aromatic carbocycles. The minimum atomic E-state index is -0.762. The number of carbonyl (C=O) groups excluding carboxylic acids is 2. The molecule has 0 spiro atoms. The maximum Gasteiger partial charge on any atom is 0.224 e. The summed E-state index contributed by atoms with van der Waals surface area (Å²) in [5.74, 6) is 0.262. The van der Waals surface area contributed by atoms with Crippen LogP contribution in [-0.2, 0) is 16.2 Å². The molecule has 1 amide bonds. The lowest BCUT2D eigenvalue weighted by molar-refractivity contribution is -0.118. The van der Waals surface area contributed by atoms with Crippen LogP contribution in [0.1, 0.15) is 50.8 Å². The van der Waals surface area contributed by atoms with Crippen LogP contribution in [-0.4, -0.2) is 16.8 Å². The average Bonchev–Trinajstić information content (AvgIpc) is 2.98. The molecule has 0 unspecified atom stereocenters. The third-order valence-corrected chi connectivity index (χ3v) is 7.19. The van der Waals surface area contributed by atoms with Gasteiger partial charge in [-0.2, -0.15) is 0 Å². The molecule has 2 aliphatic rings. The zero-order valence-corrected chi connectivity index (χ0v) is 21.8. The topological polar surface area (TPSA) is 78.9 Å². The molecule has 37 heavy (non-hydrogen) atoms. The number of ether oxygens (including phenoxy) is 1. The number of ketones is 1. The summed E-state index contributed by atoms with van der Waals surface area (Å²) in [4.78, 5) is 28.4. The van der Waals surface area contributed by atoms with E-state index in [1.807, 2.05) is 56.3 Å². The number of nitrogens with one attached hydrogen (secondary N) is 1. The molecule has 190 valence electrons. The van der Waals surface area contributed by atoms with E-state index in [-0.39, 0.29) is 22.9 Å². The lowest BCUT2D eigenvalue weighted by Crippen LogP contribution is -2.38. The fourth-order valence-electron chi connectivity index (χ4n) is 5.25. The predicted octanol–water partition coefficient (Wildman–Crippen LogP) is 6.79. The number of nitrogens with zero attached hydrogens (tertiary/aromatic N) is 1. The summed E-state index contributed by atoms with van der Waals surface area (Å²) >= 11 is 6.84. The highest BCUT2D eigenvalue weighted by atomic mass is 35.5. The van der Waals surface area contributed by atoms with Crippen molar-refractivity contribution in [1.82, 2.24) is 0 Å². The van der Waals surface area contributed by atoms with Crippen LogP contribution < -0.4 is 15.0 Å². The second-order valence-electron chi connectivity index (χ2n) is 10.4. The number of benzene rings is 3. The first kappa shape index (κ1) is 24.9. The molecule has 1 heterocycles. The molecular formula is C30H29ClN2O4. The van der Waals surface area contributed by atoms with Crippen LogP contribution in [0.2, 0.25) is 5.02 Å². The number of aromatic hydroxyl groups is 1. The van der Waals surface area contributed by atoms with Crippen molar-refractivity contribution in [3.63, 3.8) is 0 Å². The van der Waals surface area contributed by atoms with E-state index in [4.69, 9.17) is 16.3 Å². The van der Waals surface area contributed by atoms with Crippen LogP contribution in [0.5, 0.6) is 11.5 Å². The quantitative estimate of drug-likeness (QED) is 0.373. The minimum Gasteiger partial charge on any atom is -0.506 e. The van der Waals surface area contributed by atoms with Gasteiger partial charge < -0.3 is 15.2 Å². The van der Waals surface area contributed by atoms with Gasteiger partial charge in [-0.1, -0.05) is 67.9 Å². The van der Waals surface area contributed by atoms with Gasteiger partial charge >= 0.3 is 0 Å². The Bertz CT molecular complexity index is 1410. The summed E-state index contributed by atoms with van der Waals surface area (Å²) in [5.41, 5.74) is 3.44. The number of fused-ring (bicyclic) bond motifs is 1. The largest absolute Gasteiger partial charge is 0.506 e. The third kappa shape index (κ3) is 4.81. The number of allylic oxidation sites excluding steroid dienone is 1. The first-order chi connectivity index (χ1) is 17.6. The molecule has 0 bridgehead atoms. The normalized spacial score (nSPS) is 18.4. The van der Waals surface area contributed by atoms with Gasteiger partial charge in [0.2, 0.25) is 5.91 Å². The summed E-state index contributed by atoms with van der Waals surface area (Å²) in [6.45, 7) is 5.92. The van der Waals surface area contributed by atoms with Crippen molar-refractivity contribution in [1.29, 1.82) is 0 Å². The molecule has 1 aliphatic carbocycles. The molecule has 1 aliphatic heterocycles. The van der Waals surface area contributed by atoms with Crippen molar-refractivity contribution < 1.29 is 19.4 Å². The van der Waals surface area contributed by atoms with Crippen molar-refractivity contribution in [3.8, 4) is 11.5 Å². The van der Waals surface area contributed by atoms with Gasteiger partial charge in [-0.25, -0.2) is 0 Å². The fraction of sp³-hybridized carbons (Fsp3) is 0.267. The zero-order valence-electron chi connectivity index (χ0n) is 21.0. The van der Waals surface area contributed by atoms with E-state index in [1.54, 1.807) is 29.2 Å². The molecule has 0 aromatic heterocycles. The first-order valence-corrected chi connectivity index (χ1v) is 12.6. The van der Waals surface area contributed by atoms with Crippen molar-refractivity contribution in [2.75, 3.05) is 10.2 Å². The van der Waals surface area contributed by atoms with E-state index in [0.29, 0.717) is 58.4 Å². The first-order valence-electron chi connectivity index (χ1n) is 12.3. The Labute approximate surface area is 221 Å². The summed E-state index contributed by atoms with van der Waals surface area (Å²) in [7, 11) is 0. The minimum absolute atomic E-state index is 0.00263. The maximum absolute atomic E-state index is 13.7. The Kier molecular flexibility index (Phi) is 6.46. The standard InChI is InChI=1S/C30H29ClN2O4/c1-18(34)33-24-10-7-11-25(35)28(24)32-23-15-30(2,3)16-26(36)27(23)29(33)21-13-12-20(14-22(21)31)37-17-19-8-5-4-6-9-19/h4-14,29,32,35H,15-17H2,1-3H3/t29-/m0/s1. The van der Waals surface area contributed by atoms with Crippen LogP contribution in [0.15, 0.2) is 78.0 Å². The fourth-order valence-corrected chi connectivity index (χ4v) is 5.52. The number of anilines is 2. The summed E-state index contributed by atoms with van der Waals surface area (Å²) in [6, 6.07) is 19.4. The molecule has 0 saturated heterocycles. The maximum atomic E-state index is 13.7. The van der Waals surface area contributed by atoms with Gasteiger partial charge in [0.05, 0.1) is 11.7 Å². The monoisotopic (exact) mass is 516 g/mol. The Balaban J connectivity index is 1.63. The molecule has 1 atom stereocenters. The van der Waals surface area contributed by atoms with Gasteiger partial charge in [-0.3, -0.25) is 14.5 Å². The highest BCUT2D eigenvalue weighted by molar-refractivity contribution is 6.31. The van der Waals surface area contributed by atoms with Crippen LogP contribution in [0.3, 0.4) is 0 Å². The lowest BCUT2D eigenvalue weighted by atomic mass is 9.73. The number of halogens is 1. The second kappa shape index (κ2) is 9.60. The van der Waals surface area contributed by atoms with E-state index in [9.17, 15) is 14.7 Å². The third-order valence-electron chi connectivity index (χ3n) is 6.86. The number of para-hydroxylation sites is 1. The van der Waals surface area contributed by atoms with Crippen LogP contribution >= 0.6 is 11.6 Å². The summed E-state index contributed by atoms with van der Waals surface area (Å²) in [5, 5.41) is 14.4. The number of phenolic OH excluding ortho intramolecular Hbond substituents is 1. The Morgan fingerprint density at radius 3 is 2.57 bits per heavy atom. The van der Waals surface area contributed by atoms with Crippen LogP contribution in [0.25, 0.3) is 0 Å². The predicted molar refractivity (Wildman–Crippen MR) is 145 cm³/mol. The van der Waals surface area contributed by atoms with E-state index in [0.717, 1.165) is 5.56 Å². The number of amides is 1.